The van der Waals surface area contributed by atoms with E-state index in [0.29, 0.717) is 0 Å². The number of carbonyl (C=O) groups excluding carboxylic acids is 3. The lowest BCUT2D eigenvalue weighted by molar-refractivity contribution is -0.143. The number of β-amino-alcohol motifs (C(OH)–C–C–N with tert-alkyl or cyclic N) is 1. The van der Waals surface area contributed by atoms with Gasteiger partial charge >= 0.3 is 0 Å². The van der Waals surface area contributed by atoms with Crippen LogP contribution in [0.3, 0.4) is 0 Å². The molecule has 1 unspecified atom stereocenters. The molecule has 2 aromatic rings. The number of likely N-dealkylation sites (tertiary alicyclic amines) is 1. The summed E-state index contributed by atoms with van der Waals surface area (Å²) in [6.07, 6.45) is -0.584. The molecule has 3 amide bonds. The molecule has 0 spiro atoms. The van der Waals surface area contributed by atoms with E-state index in [9.17, 15) is 23.9 Å². The third kappa shape index (κ3) is 5.73. The van der Waals surface area contributed by atoms with Crippen LogP contribution < -0.4 is 10.6 Å². The second-order valence-electron chi connectivity index (χ2n) is 10.1. The summed E-state index contributed by atoms with van der Waals surface area (Å²) >= 11 is 6.02. The van der Waals surface area contributed by atoms with Crippen molar-refractivity contribution in [2.24, 2.45) is 0 Å². The van der Waals surface area contributed by atoms with Crippen LogP contribution in [0.25, 0.3) is 10.4 Å². The van der Waals surface area contributed by atoms with Crippen molar-refractivity contribution < 1.29 is 23.9 Å². The average Bonchev–Trinajstić information content (AvgIpc) is 3.23. The lowest BCUT2D eigenvalue weighted by Gasteiger charge is -2.35. The molecule has 11 heteroatoms. The third-order valence-corrected chi connectivity index (χ3v) is 7.85. The molecule has 1 aliphatic heterocycles. The minimum Gasteiger partial charge on any atom is -0.391 e. The maximum absolute atomic E-state index is 14.3. The van der Waals surface area contributed by atoms with Crippen LogP contribution in [0.15, 0.2) is 29.8 Å². The molecule has 0 radical (unpaired) electrons. The van der Waals surface area contributed by atoms with Crippen LogP contribution in [0.4, 0.5) is 4.39 Å². The van der Waals surface area contributed by atoms with E-state index in [1.165, 1.54) is 4.90 Å². The Kier molecular flexibility index (Phi) is 7.45. The summed E-state index contributed by atoms with van der Waals surface area (Å²) < 4.78 is 13.2. The monoisotopic (exact) mass is 534 g/mol. The number of aliphatic hydroxyl groups excluding tert-OH is 1. The molecule has 1 saturated carbocycles. The third-order valence-electron chi connectivity index (χ3n) is 6.62. The fourth-order valence-corrected chi connectivity index (χ4v) is 5.26. The fraction of sp³-hybridized carbons (Fsp3) is 0.520. The topological polar surface area (TPSA) is 112 Å². The second-order valence-corrected chi connectivity index (χ2v) is 12.1. The quantitative estimate of drug-likeness (QED) is 0.389. The fourth-order valence-electron chi connectivity index (χ4n) is 4.27. The van der Waals surface area contributed by atoms with Crippen LogP contribution in [0.1, 0.15) is 44.4 Å². The number of hydrogen-bond acceptors (Lipinski definition) is 7. The average molecular weight is 535 g/mol. The number of aryl methyl sites for hydroxylation is 1. The highest BCUT2D eigenvalue weighted by molar-refractivity contribution is 7.81. The molecule has 3 atom stereocenters. The van der Waals surface area contributed by atoms with Gasteiger partial charge in [-0.25, -0.2) is 9.37 Å². The number of nitrogens with one attached hydrogen (secondary N) is 2. The highest BCUT2D eigenvalue weighted by Gasteiger charge is 2.53. The van der Waals surface area contributed by atoms with Gasteiger partial charge in [0.15, 0.2) is 5.67 Å². The van der Waals surface area contributed by atoms with Gasteiger partial charge in [-0.1, -0.05) is 24.3 Å². The maximum atomic E-state index is 14.3. The summed E-state index contributed by atoms with van der Waals surface area (Å²) in [4.78, 5) is 45.4. The minimum absolute atomic E-state index is 0.0587. The van der Waals surface area contributed by atoms with E-state index in [-0.39, 0.29) is 32.4 Å². The molecule has 2 fully saturated rings. The lowest BCUT2D eigenvalue weighted by atomic mass is 10.0. The summed E-state index contributed by atoms with van der Waals surface area (Å²) in [6, 6.07) is 5.70. The molecule has 2 heterocycles. The zero-order valence-corrected chi connectivity index (χ0v) is 22.2. The van der Waals surface area contributed by atoms with Gasteiger partial charge in [-0.15, -0.1) is 11.3 Å². The molecule has 1 aromatic heterocycles. The number of nitrogens with zero attached hydrogens (tertiary/aromatic N) is 2. The van der Waals surface area contributed by atoms with Gasteiger partial charge in [0.25, 0.3) is 5.91 Å². The van der Waals surface area contributed by atoms with Crippen molar-refractivity contribution in [2.75, 3.05) is 6.54 Å². The van der Waals surface area contributed by atoms with Crippen LogP contribution in [-0.2, 0) is 20.9 Å². The molecule has 1 saturated heterocycles. The molecule has 3 N–H and O–H groups in total. The van der Waals surface area contributed by atoms with Crippen LogP contribution >= 0.6 is 24.0 Å². The first-order valence-electron chi connectivity index (χ1n) is 11.9. The Morgan fingerprint density at radius 1 is 1.31 bits per heavy atom. The van der Waals surface area contributed by atoms with Crippen LogP contribution in [0.2, 0.25) is 0 Å². The van der Waals surface area contributed by atoms with Gasteiger partial charge in [-0.2, -0.15) is 12.6 Å². The van der Waals surface area contributed by atoms with E-state index in [0.717, 1.165) is 21.7 Å². The number of halogens is 1. The number of alkyl halides is 1. The summed E-state index contributed by atoms with van der Waals surface area (Å²) in [7, 11) is 0. The predicted octanol–water partition coefficient (Wildman–Crippen LogP) is 2.39. The van der Waals surface area contributed by atoms with E-state index in [2.05, 4.69) is 28.2 Å². The van der Waals surface area contributed by atoms with Crippen LogP contribution in [-0.4, -0.2) is 67.9 Å². The van der Waals surface area contributed by atoms with Crippen LogP contribution in [0.5, 0.6) is 0 Å². The number of carbonyl (C=O) groups is 3. The van der Waals surface area contributed by atoms with Gasteiger partial charge in [0, 0.05) is 24.3 Å². The van der Waals surface area contributed by atoms with Crippen molar-refractivity contribution in [1.29, 1.82) is 0 Å². The molecule has 4 rings (SSSR count). The SMILES string of the molecule is Cc1ncsc1-c1ccc(CNC(=O)[C@@H]2C[C@@H](O)CN2C(=O)C(NC(=O)C2(F)CC2)C(C)(C)S)cc1. The first kappa shape index (κ1) is 26.6. The second kappa shape index (κ2) is 10.1. The van der Waals surface area contributed by atoms with Crippen molar-refractivity contribution in [2.45, 2.75) is 75.2 Å². The van der Waals surface area contributed by atoms with Gasteiger partial charge < -0.3 is 20.6 Å². The van der Waals surface area contributed by atoms with Crippen LogP contribution in [0, 0.1) is 6.92 Å². The van der Waals surface area contributed by atoms with Crippen molar-refractivity contribution in [3.63, 3.8) is 0 Å². The predicted molar refractivity (Wildman–Crippen MR) is 138 cm³/mol. The zero-order valence-electron chi connectivity index (χ0n) is 20.5. The number of thiol groups is 1. The largest absolute Gasteiger partial charge is 0.391 e. The smallest absolute Gasteiger partial charge is 0.258 e. The van der Waals surface area contributed by atoms with E-state index in [4.69, 9.17) is 0 Å². The Hall–Kier alpha value is -2.50. The molecular formula is C25H31FN4O4S2. The highest BCUT2D eigenvalue weighted by Crippen LogP contribution is 2.40. The van der Waals surface area contributed by atoms with Gasteiger partial charge in [-0.05, 0) is 44.7 Å². The van der Waals surface area contributed by atoms with E-state index in [1.807, 2.05) is 31.2 Å². The lowest BCUT2D eigenvalue weighted by Crippen LogP contribution is -2.60. The van der Waals surface area contributed by atoms with Crippen molar-refractivity contribution in [3.8, 4) is 10.4 Å². The van der Waals surface area contributed by atoms with E-state index in [1.54, 1.807) is 30.7 Å². The van der Waals surface area contributed by atoms with Gasteiger partial charge in [-0.3, -0.25) is 14.4 Å². The zero-order chi connectivity index (χ0) is 26.3. The van der Waals surface area contributed by atoms with Gasteiger partial charge in [0.2, 0.25) is 11.8 Å². The molecule has 8 nitrogen and oxygen atoms in total. The summed E-state index contributed by atoms with van der Waals surface area (Å²) in [5.41, 5.74) is 2.74. The number of rotatable bonds is 8. The minimum atomic E-state index is -1.95. The van der Waals surface area contributed by atoms with Crippen molar-refractivity contribution in [1.82, 2.24) is 20.5 Å². The van der Waals surface area contributed by atoms with Gasteiger partial charge in [0.1, 0.15) is 12.1 Å². The number of amides is 3. The number of hydrogen-bond donors (Lipinski definition) is 4. The number of aromatic nitrogens is 1. The highest BCUT2D eigenvalue weighted by atomic mass is 32.1. The van der Waals surface area contributed by atoms with Crippen molar-refractivity contribution in [3.05, 3.63) is 41.0 Å². The first-order valence-corrected chi connectivity index (χ1v) is 13.2. The number of benzene rings is 1. The summed E-state index contributed by atoms with van der Waals surface area (Å²) in [6.45, 7) is 5.41. The molecule has 1 aliphatic carbocycles. The Morgan fingerprint density at radius 2 is 1.97 bits per heavy atom. The number of thiazole rings is 1. The Balaban J connectivity index is 1.42. The Labute approximate surface area is 219 Å². The van der Waals surface area contributed by atoms with Gasteiger partial charge in [0.05, 0.1) is 22.2 Å². The van der Waals surface area contributed by atoms with Crippen molar-refractivity contribution >= 4 is 41.7 Å². The molecule has 194 valence electrons. The normalized spacial score (nSPS) is 21.7. The molecule has 1 aromatic carbocycles. The molecule has 36 heavy (non-hydrogen) atoms. The Morgan fingerprint density at radius 3 is 2.53 bits per heavy atom. The first-order chi connectivity index (χ1) is 16.9. The standard InChI is InChI=1S/C25H31FN4O4S2/c1-14-19(36-13-28-14)16-6-4-15(5-7-16)11-27-21(32)18-10-17(31)12-30(18)22(33)20(24(2,3)35)29-23(34)25(26)8-9-25/h4-7,13,17-18,20,31,35H,8-12H2,1-3H3,(H,27,32)(H,29,34)/t17-,18+,20?/m1/s1. The van der Waals surface area contributed by atoms with E-state index < -0.39 is 46.3 Å². The molecule has 2 aliphatic rings. The molecule has 0 bridgehead atoms. The summed E-state index contributed by atoms with van der Waals surface area (Å²) in [5.74, 6) is -1.83. The van der Waals surface area contributed by atoms with E-state index >= 15 is 0 Å². The molecular weight excluding hydrogens is 503 g/mol. The Bertz CT molecular complexity index is 1140. The number of aliphatic hydroxyl groups is 1. The summed E-state index contributed by atoms with van der Waals surface area (Å²) in [5, 5.41) is 15.6. The maximum Gasteiger partial charge on any atom is 0.258 e.